The van der Waals surface area contributed by atoms with Crippen LogP contribution >= 0.6 is 22.6 Å². The zero-order chi connectivity index (χ0) is 8.55. The molecular weight excluding hydrogens is 267 g/mol. The largest absolute Gasteiger partial charge is 0.492 e. The normalized spacial score (nSPS) is 15.2. The maximum absolute atomic E-state index is 11.3. The van der Waals surface area contributed by atoms with Gasteiger partial charge in [-0.05, 0) is 40.8 Å². The lowest BCUT2D eigenvalue weighted by Gasteiger charge is -2.15. The molecule has 1 aromatic carbocycles. The van der Waals surface area contributed by atoms with Gasteiger partial charge < -0.3 is 4.74 Å². The van der Waals surface area contributed by atoms with Crippen molar-refractivity contribution >= 4 is 28.4 Å². The van der Waals surface area contributed by atoms with Gasteiger partial charge in [-0.25, -0.2) is 0 Å². The number of Topliss-reactive ketones (excluding diaryl/α,β-unsaturated/α-hetero) is 1. The maximum atomic E-state index is 11.3. The first-order valence-corrected chi connectivity index (χ1v) is 4.81. The molecule has 0 aromatic heterocycles. The Bertz CT molecular complexity index is 333. The summed E-state index contributed by atoms with van der Waals surface area (Å²) >= 11 is 2.20. The van der Waals surface area contributed by atoms with Gasteiger partial charge in [-0.1, -0.05) is 0 Å². The summed E-state index contributed by atoms with van der Waals surface area (Å²) in [5, 5.41) is 0. The molecule has 0 N–H and O–H groups in total. The minimum Gasteiger partial charge on any atom is -0.492 e. The van der Waals surface area contributed by atoms with Crippen LogP contribution in [-0.2, 0) is 0 Å². The van der Waals surface area contributed by atoms with Crippen LogP contribution in [-0.4, -0.2) is 12.4 Å². The molecule has 0 fully saturated rings. The van der Waals surface area contributed by atoms with Crippen molar-refractivity contribution in [1.29, 1.82) is 0 Å². The number of hydrogen-bond acceptors (Lipinski definition) is 2. The molecule has 12 heavy (non-hydrogen) atoms. The van der Waals surface area contributed by atoms with E-state index >= 15 is 0 Å². The van der Waals surface area contributed by atoms with Crippen LogP contribution < -0.4 is 4.74 Å². The van der Waals surface area contributed by atoms with Gasteiger partial charge in [0.2, 0.25) is 0 Å². The molecule has 0 bridgehead atoms. The second-order valence-corrected chi connectivity index (χ2v) is 3.91. The summed E-state index contributed by atoms with van der Waals surface area (Å²) in [6.45, 7) is 0.520. The van der Waals surface area contributed by atoms with Crippen molar-refractivity contribution in [1.82, 2.24) is 0 Å². The fourth-order valence-electron chi connectivity index (χ4n) is 1.23. The van der Waals surface area contributed by atoms with Crippen LogP contribution in [0.1, 0.15) is 16.8 Å². The summed E-state index contributed by atoms with van der Waals surface area (Å²) in [4.78, 5) is 11.3. The van der Waals surface area contributed by atoms with Crippen molar-refractivity contribution in [3.63, 3.8) is 0 Å². The molecule has 0 spiro atoms. The highest BCUT2D eigenvalue weighted by Crippen LogP contribution is 2.26. The minimum atomic E-state index is 0.188. The standard InChI is InChI=1S/C9H7IO2/c10-6-1-2-7-8(11)3-4-12-9(7)5-6/h1-2,5H,3-4H2. The van der Waals surface area contributed by atoms with Gasteiger partial charge >= 0.3 is 0 Å². The van der Waals surface area contributed by atoms with Crippen LogP contribution in [0.4, 0.5) is 0 Å². The summed E-state index contributed by atoms with van der Waals surface area (Å²) < 4.78 is 6.45. The molecular formula is C9H7IO2. The Morgan fingerprint density at radius 3 is 3.08 bits per heavy atom. The van der Waals surface area contributed by atoms with E-state index in [4.69, 9.17) is 4.74 Å². The molecule has 2 rings (SSSR count). The predicted octanol–water partition coefficient (Wildman–Crippen LogP) is 2.26. The molecule has 62 valence electrons. The average Bonchev–Trinajstić information content (AvgIpc) is 2.04. The van der Waals surface area contributed by atoms with Crippen LogP contribution in [0, 0.1) is 3.57 Å². The summed E-state index contributed by atoms with van der Waals surface area (Å²) in [5.41, 5.74) is 0.724. The zero-order valence-electron chi connectivity index (χ0n) is 6.34. The number of halogens is 1. The van der Waals surface area contributed by atoms with E-state index in [0.29, 0.717) is 13.0 Å². The highest BCUT2D eigenvalue weighted by atomic mass is 127. The second-order valence-electron chi connectivity index (χ2n) is 2.66. The topological polar surface area (TPSA) is 26.3 Å². The van der Waals surface area contributed by atoms with Crippen molar-refractivity contribution in [2.75, 3.05) is 6.61 Å². The number of fused-ring (bicyclic) bond motifs is 1. The molecule has 0 aliphatic carbocycles. The molecule has 1 aromatic rings. The summed E-state index contributed by atoms with van der Waals surface area (Å²) in [7, 11) is 0. The zero-order valence-corrected chi connectivity index (χ0v) is 8.50. The molecule has 0 unspecified atom stereocenters. The van der Waals surface area contributed by atoms with E-state index in [1.54, 1.807) is 0 Å². The van der Waals surface area contributed by atoms with Gasteiger partial charge in [-0.2, -0.15) is 0 Å². The van der Waals surface area contributed by atoms with Crippen molar-refractivity contribution in [2.45, 2.75) is 6.42 Å². The number of hydrogen-bond donors (Lipinski definition) is 0. The van der Waals surface area contributed by atoms with Crippen LogP contribution in [0.2, 0.25) is 0 Å². The van der Waals surface area contributed by atoms with Gasteiger partial charge in [0.25, 0.3) is 0 Å². The van der Waals surface area contributed by atoms with Crippen LogP contribution in [0.3, 0.4) is 0 Å². The molecule has 0 saturated heterocycles. The number of ether oxygens (including phenoxy) is 1. The van der Waals surface area contributed by atoms with Crippen LogP contribution in [0.25, 0.3) is 0 Å². The Kier molecular flexibility index (Phi) is 2.04. The van der Waals surface area contributed by atoms with Crippen molar-refractivity contribution < 1.29 is 9.53 Å². The van der Waals surface area contributed by atoms with E-state index in [-0.39, 0.29) is 5.78 Å². The number of benzene rings is 1. The van der Waals surface area contributed by atoms with Gasteiger partial charge in [0, 0.05) is 9.99 Å². The van der Waals surface area contributed by atoms with Crippen molar-refractivity contribution in [3.8, 4) is 5.75 Å². The fourth-order valence-corrected chi connectivity index (χ4v) is 1.70. The van der Waals surface area contributed by atoms with Gasteiger partial charge in [-0.15, -0.1) is 0 Å². The SMILES string of the molecule is O=C1CCOc2cc(I)ccc21. The molecule has 0 radical (unpaired) electrons. The second kappa shape index (κ2) is 3.05. The first kappa shape index (κ1) is 8.04. The molecule has 0 amide bonds. The van der Waals surface area contributed by atoms with Crippen LogP contribution in [0.15, 0.2) is 18.2 Å². The van der Waals surface area contributed by atoms with Gasteiger partial charge in [0.05, 0.1) is 12.2 Å². The molecule has 1 aliphatic heterocycles. The number of rotatable bonds is 0. The summed E-state index contributed by atoms with van der Waals surface area (Å²) in [6, 6.07) is 5.65. The molecule has 0 saturated carbocycles. The predicted molar refractivity (Wildman–Crippen MR) is 53.6 cm³/mol. The smallest absolute Gasteiger partial charge is 0.169 e. The Morgan fingerprint density at radius 1 is 1.42 bits per heavy atom. The Hall–Kier alpha value is -0.580. The first-order chi connectivity index (χ1) is 5.77. The van der Waals surface area contributed by atoms with E-state index in [1.807, 2.05) is 18.2 Å². The third kappa shape index (κ3) is 1.33. The molecule has 2 nitrogen and oxygen atoms in total. The van der Waals surface area contributed by atoms with Crippen molar-refractivity contribution in [2.24, 2.45) is 0 Å². The average molecular weight is 274 g/mol. The number of ketones is 1. The van der Waals surface area contributed by atoms with Gasteiger partial charge in [0.1, 0.15) is 5.75 Å². The minimum absolute atomic E-state index is 0.188. The third-order valence-corrected chi connectivity index (χ3v) is 2.50. The monoisotopic (exact) mass is 274 g/mol. The van der Waals surface area contributed by atoms with Gasteiger partial charge in [0.15, 0.2) is 5.78 Å². The maximum Gasteiger partial charge on any atom is 0.169 e. The van der Waals surface area contributed by atoms with Crippen molar-refractivity contribution in [3.05, 3.63) is 27.3 Å². The number of carbonyl (C=O) groups excluding carboxylic acids is 1. The lowest BCUT2D eigenvalue weighted by atomic mass is 10.1. The van der Waals surface area contributed by atoms with Crippen LogP contribution in [0.5, 0.6) is 5.75 Å². The molecule has 0 atom stereocenters. The lowest BCUT2D eigenvalue weighted by Crippen LogP contribution is -2.15. The summed E-state index contributed by atoms with van der Waals surface area (Å²) in [5.74, 6) is 0.922. The third-order valence-electron chi connectivity index (χ3n) is 1.83. The van der Waals surface area contributed by atoms with E-state index in [9.17, 15) is 4.79 Å². The highest BCUT2D eigenvalue weighted by molar-refractivity contribution is 14.1. The Balaban J connectivity index is 2.53. The van der Waals surface area contributed by atoms with E-state index in [2.05, 4.69) is 22.6 Å². The quantitative estimate of drug-likeness (QED) is 0.678. The lowest BCUT2D eigenvalue weighted by molar-refractivity contribution is 0.0933. The fraction of sp³-hybridized carbons (Fsp3) is 0.222. The Morgan fingerprint density at radius 2 is 2.25 bits per heavy atom. The molecule has 1 heterocycles. The van der Waals surface area contributed by atoms with Gasteiger partial charge in [-0.3, -0.25) is 4.79 Å². The first-order valence-electron chi connectivity index (χ1n) is 3.73. The highest BCUT2D eigenvalue weighted by Gasteiger charge is 2.17. The van der Waals surface area contributed by atoms with E-state index < -0.39 is 0 Å². The molecule has 1 aliphatic rings. The Labute approximate surface area is 84.1 Å². The molecule has 3 heteroatoms. The number of carbonyl (C=O) groups is 1. The van der Waals surface area contributed by atoms with E-state index in [1.165, 1.54) is 0 Å². The summed E-state index contributed by atoms with van der Waals surface area (Å²) in [6.07, 6.45) is 0.508. The van der Waals surface area contributed by atoms with E-state index in [0.717, 1.165) is 14.9 Å².